The maximum Gasteiger partial charge on any atom is 0.122 e. The van der Waals surface area contributed by atoms with Gasteiger partial charge in [0.15, 0.2) is 0 Å². The minimum atomic E-state index is 0.0648. The van der Waals surface area contributed by atoms with Crippen LogP contribution >= 0.6 is 11.6 Å². The van der Waals surface area contributed by atoms with E-state index in [2.05, 4.69) is 18.7 Å². The van der Waals surface area contributed by atoms with Gasteiger partial charge < -0.3 is 5.73 Å². The average Bonchev–Trinajstić information content (AvgIpc) is 2.53. The largest absolute Gasteiger partial charge is 0.384 e. The lowest BCUT2D eigenvalue weighted by Crippen LogP contribution is -2.25. The van der Waals surface area contributed by atoms with Crippen molar-refractivity contribution < 1.29 is 0 Å². The van der Waals surface area contributed by atoms with Crippen molar-refractivity contribution in [2.24, 2.45) is 11.1 Å². The van der Waals surface area contributed by atoms with Crippen LogP contribution in [0.4, 0.5) is 0 Å². The fraction of sp³-hybridized carbons (Fsp3) is 0.562. The smallest absolute Gasteiger partial charge is 0.122 e. The molecule has 0 unspecified atom stereocenters. The van der Waals surface area contributed by atoms with E-state index >= 15 is 0 Å². The highest BCUT2D eigenvalue weighted by molar-refractivity contribution is 6.31. The van der Waals surface area contributed by atoms with Gasteiger partial charge in [-0.1, -0.05) is 37.6 Å². The third-order valence-electron chi connectivity index (χ3n) is 4.19. The van der Waals surface area contributed by atoms with Crippen molar-refractivity contribution in [3.63, 3.8) is 0 Å². The molecule has 3 N–H and O–H groups in total. The Labute approximate surface area is 126 Å². The van der Waals surface area contributed by atoms with Gasteiger partial charge in [-0.15, -0.1) is 0 Å². The lowest BCUT2D eigenvalue weighted by atomic mass is 9.85. The van der Waals surface area contributed by atoms with Gasteiger partial charge in [0.05, 0.1) is 0 Å². The number of nitrogens with two attached hydrogens (primary N) is 1. The Kier molecular flexibility index (Phi) is 4.71. The number of hydrogen-bond acceptors (Lipinski definition) is 2. The van der Waals surface area contributed by atoms with Gasteiger partial charge in [-0.2, -0.15) is 0 Å². The zero-order valence-corrected chi connectivity index (χ0v) is 13.1. The predicted molar refractivity (Wildman–Crippen MR) is 85.4 cm³/mol. The van der Waals surface area contributed by atoms with E-state index < -0.39 is 0 Å². The molecule has 0 aliphatic carbocycles. The summed E-state index contributed by atoms with van der Waals surface area (Å²) in [5.41, 5.74) is 7.75. The highest BCUT2D eigenvalue weighted by Gasteiger charge is 2.23. The van der Waals surface area contributed by atoms with Crippen LogP contribution in [-0.4, -0.2) is 23.8 Å². The molecule has 0 atom stereocenters. The quantitative estimate of drug-likeness (QED) is 0.660. The molecule has 1 aromatic carbocycles. The van der Waals surface area contributed by atoms with Crippen LogP contribution < -0.4 is 5.73 Å². The summed E-state index contributed by atoms with van der Waals surface area (Å²) in [6.45, 7) is 7.84. The molecular weight excluding hydrogens is 270 g/mol. The van der Waals surface area contributed by atoms with Crippen molar-refractivity contribution in [1.29, 1.82) is 5.41 Å². The summed E-state index contributed by atoms with van der Waals surface area (Å²) < 4.78 is 0. The second-order valence-electron chi connectivity index (χ2n) is 6.51. The van der Waals surface area contributed by atoms with Crippen molar-refractivity contribution >= 4 is 17.4 Å². The van der Waals surface area contributed by atoms with Crippen LogP contribution in [0.2, 0.25) is 5.02 Å². The number of nitrogens with zero attached hydrogens (tertiary/aromatic N) is 1. The van der Waals surface area contributed by atoms with Crippen LogP contribution in [0.5, 0.6) is 0 Å². The van der Waals surface area contributed by atoms with Gasteiger partial charge >= 0.3 is 0 Å². The van der Waals surface area contributed by atoms with Crippen molar-refractivity contribution in [2.45, 2.75) is 39.7 Å². The summed E-state index contributed by atoms with van der Waals surface area (Å²) in [6.07, 6.45) is 3.77. The fourth-order valence-electron chi connectivity index (χ4n) is 2.72. The SMILES string of the molecule is CC1(C)CCCN(Cc2ccc(C(=N)N)cc2Cl)CC1. The molecule has 0 bridgehead atoms. The monoisotopic (exact) mass is 293 g/mol. The van der Waals surface area contributed by atoms with Crippen LogP contribution in [0, 0.1) is 10.8 Å². The molecular formula is C16H24ClN3. The number of nitrogen functional groups attached to an aromatic ring is 1. The summed E-state index contributed by atoms with van der Waals surface area (Å²) in [6, 6.07) is 5.67. The molecule has 0 spiro atoms. The molecule has 110 valence electrons. The molecule has 1 aliphatic heterocycles. The summed E-state index contributed by atoms with van der Waals surface area (Å²) >= 11 is 6.31. The first kappa shape index (κ1) is 15.3. The number of likely N-dealkylation sites (tertiary alicyclic amines) is 1. The lowest BCUT2D eigenvalue weighted by molar-refractivity contribution is 0.256. The third-order valence-corrected chi connectivity index (χ3v) is 4.54. The van der Waals surface area contributed by atoms with E-state index in [-0.39, 0.29) is 5.84 Å². The van der Waals surface area contributed by atoms with Crippen molar-refractivity contribution in [3.05, 3.63) is 34.3 Å². The van der Waals surface area contributed by atoms with E-state index in [1.807, 2.05) is 12.1 Å². The molecule has 0 radical (unpaired) electrons. The molecule has 1 heterocycles. The van der Waals surface area contributed by atoms with Gasteiger partial charge in [0, 0.05) is 17.1 Å². The maximum absolute atomic E-state index is 7.44. The van der Waals surface area contributed by atoms with E-state index in [4.69, 9.17) is 22.7 Å². The Morgan fingerprint density at radius 3 is 2.75 bits per heavy atom. The Balaban J connectivity index is 2.05. The number of benzene rings is 1. The van der Waals surface area contributed by atoms with Gasteiger partial charge in [-0.3, -0.25) is 10.3 Å². The molecule has 20 heavy (non-hydrogen) atoms. The highest BCUT2D eigenvalue weighted by Crippen LogP contribution is 2.30. The molecule has 4 heteroatoms. The molecule has 1 aliphatic rings. The number of amidine groups is 1. The Bertz CT molecular complexity index is 496. The molecule has 0 saturated carbocycles. The summed E-state index contributed by atoms with van der Waals surface area (Å²) in [7, 11) is 0. The van der Waals surface area contributed by atoms with Crippen LogP contribution in [0.3, 0.4) is 0 Å². The number of rotatable bonds is 3. The molecule has 1 saturated heterocycles. The lowest BCUT2D eigenvalue weighted by Gasteiger charge is -2.23. The second kappa shape index (κ2) is 6.15. The minimum absolute atomic E-state index is 0.0648. The van der Waals surface area contributed by atoms with E-state index in [0.29, 0.717) is 16.0 Å². The Hall–Kier alpha value is -1.06. The zero-order valence-electron chi connectivity index (χ0n) is 12.4. The molecule has 2 rings (SSSR count). The fourth-order valence-corrected chi connectivity index (χ4v) is 2.96. The number of hydrogen-bond donors (Lipinski definition) is 2. The van der Waals surface area contributed by atoms with Crippen LogP contribution in [-0.2, 0) is 6.54 Å². The van der Waals surface area contributed by atoms with Crippen molar-refractivity contribution in [2.75, 3.05) is 13.1 Å². The highest BCUT2D eigenvalue weighted by atomic mass is 35.5. The summed E-state index contributed by atoms with van der Waals surface area (Å²) in [5.74, 6) is 0.0648. The van der Waals surface area contributed by atoms with Crippen molar-refractivity contribution in [3.8, 4) is 0 Å². The Morgan fingerprint density at radius 1 is 1.35 bits per heavy atom. The second-order valence-corrected chi connectivity index (χ2v) is 6.92. The average molecular weight is 294 g/mol. The topological polar surface area (TPSA) is 53.1 Å². The van der Waals surface area contributed by atoms with Gasteiger partial charge in [-0.25, -0.2) is 0 Å². The van der Waals surface area contributed by atoms with Gasteiger partial charge in [0.25, 0.3) is 0 Å². The van der Waals surface area contributed by atoms with Crippen molar-refractivity contribution in [1.82, 2.24) is 4.90 Å². The number of halogens is 1. The molecule has 1 aromatic rings. The van der Waals surface area contributed by atoms with E-state index in [1.165, 1.54) is 19.3 Å². The van der Waals surface area contributed by atoms with E-state index in [9.17, 15) is 0 Å². The van der Waals surface area contributed by atoms with Crippen LogP contribution in [0.15, 0.2) is 18.2 Å². The molecule has 1 fully saturated rings. The van der Waals surface area contributed by atoms with Crippen LogP contribution in [0.1, 0.15) is 44.2 Å². The van der Waals surface area contributed by atoms with Crippen LogP contribution in [0.25, 0.3) is 0 Å². The zero-order chi connectivity index (χ0) is 14.8. The number of nitrogens with one attached hydrogen (secondary N) is 1. The first-order chi connectivity index (χ1) is 9.37. The molecule has 0 amide bonds. The van der Waals surface area contributed by atoms with Gasteiger partial charge in [-0.05, 0) is 49.4 Å². The van der Waals surface area contributed by atoms with Gasteiger partial charge in [0.1, 0.15) is 5.84 Å². The standard InChI is InChI=1S/C16H24ClN3/c1-16(2)6-3-8-20(9-7-16)11-13-5-4-12(15(18)19)10-14(13)17/h4-5,10H,3,6-9,11H2,1-2H3,(H3,18,19). The third kappa shape index (κ3) is 3.97. The molecule has 3 nitrogen and oxygen atoms in total. The summed E-state index contributed by atoms with van der Waals surface area (Å²) in [4.78, 5) is 2.48. The van der Waals surface area contributed by atoms with E-state index in [1.54, 1.807) is 6.07 Å². The molecule has 0 aromatic heterocycles. The minimum Gasteiger partial charge on any atom is -0.384 e. The van der Waals surface area contributed by atoms with Gasteiger partial charge in [0.2, 0.25) is 0 Å². The first-order valence-corrected chi connectivity index (χ1v) is 7.60. The normalized spacial score (nSPS) is 19.6. The Morgan fingerprint density at radius 2 is 2.10 bits per heavy atom. The summed E-state index contributed by atoms with van der Waals surface area (Å²) in [5, 5.41) is 8.15. The predicted octanol–water partition coefficient (Wildman–Crippen LogP) is 3.64. The first-order valence-electron chi connectivity index (χ1n) is 7.23. The maximum atomic E-state index is 7.44. The van der Waals surface area contributed by atoms with E-state index in [0.717, 1.165) is 25.2 Å².